The minimum Gasteiger partial charge on any atom is -0.345 e. The maximum Gasteiger partial charge on any atom is 0.248 e. The Labute approximate surface area is 182 Å². The van der Waals surface area contributed by atoms with Gasteiger partial charge in [-0.2, -0.15) is 0 Å². The van der Waals surface area contributed by atoms with E-state index in [-0.39, 0.29) is 24.5 Å². The molecule has 4 rings (SSSR count). The summed E-state index contributed by atoms with van der Waals surface area (Å²) in [6.07, 6.45) is 5.11. The zero-order valence-corrected chi connectivity index (χ0v) is 18.6. The van der Waals surface area contributed by atoms with E-state index >= 15 is 0 Å². The van der Waals surface area contributed by atoms with Gasteiger partial charge < -0.3 is 4.57 Å². The molecule has 0 radical (unpaired) electrons. The summed E-state index contributed by atoms with van der Waals surface area (Å²) >= 11 is 6.50. The summed E-state index contributed by atoms with van der Waals surface area (Å²) in [4.78, 5) is 15.6. The van der Waals surface area contributed by atoms with Gasteiger partial charge in [-0.3, -0.25) is 9.69 Å². The number of ketones is 1. The van der Waals surface area contributed by atoms with E-state index in [1.807, 2.05) is 24.4 Å². The first-order valence-corrected chi connectivity index (χ1v) is 11.6. The second-order valence-electron chi connectivity index (χ2n) is 9.36. The molecule has 1 aliphatic heterocycles. The number of aromatic nitrogens is 1. The summed E-state index contributed by atoms with van der Waals surface area (Å²) in [6.45, 7) is 6.40. The van der Waals surface area contributed by atoms with Crippen LogP contribution in [0.1, 0.15) is 69.2 Å². The second kappa shape index (κ2) is 8.58. The zero-order chi connectivity index (χ0) is 21.5. The molecule has 2 aliphatic rings. The molecule has 1 aliphatic carbocycles. The molecule has 3 nitrogen and oxygen atoms in total. The summed E-state index contributed by atoms with van der Waals surface area (Å²) < 4.78 is 29.0. The molecule has 164 valence electrons. The number of likely N-dealkylation sites (tertiary alicyclic amines) is 1. The first-order chi connectivity index (χ1) is 14.2. The Bertz CT molecular complexity index is 913. The molecule has 0 unspecified atom stereocenters. The molecule has 1 aromatic heterocycles. The van der Waals surface area contributed by atoms with Crippen LogP contribution in [0.15, 0.2) is 24.4 Å². The molecule has 0 N–H and O–H groups in total. The van der Waals surface area contributed by atoms with Gasteiger partial charge in [0, 0.05) is 61.6 Å². The number of nitrogens with zero attached hydrogens (tertiary/aromatic N) is 2. The third-order valence-corrected chi connectivity index (χ3v) is 7.35. The number of alkyl halides is 2. The van der Waals surface area contributed by atoms with Crippen LogP contribution >= 0.6 is 11.6 Å². The fourth-order valence-corrected chi connectivity index (χ4v) is 5.36. The van der Waals surface area contributed by atoms with Crippen LogP contribution in [-0.2, 0) is 6.54 Å². The van der Waals surface area contributed by atoms with Crippen molar-refractivity contribution < 1.29 is 13.6 Å². The Kier molecular flexibility index (Phi) is 6.23. The predicted octanol–water partition coefficient (Wildman–Crippen LogP) is 6.57. The van der Waals surface area contributed by atoms with E-state index in [4.69, 9.17) is 11.6 Å². The predicted molar refractivity (Wildman–Crippen MR) is 118 cm³/mol. The van der Waals surface area contributed by atoms with Crippen LogP contribution < -0.4 is 0 Å². The zero-order valence-electron chi connectivity index (χ0n) is 17.8. The fraction of sp³-hybridized carbons (Fsp3) is 0.625. The Balaban J connectivity index is 1.50. The maximum atomic E-state index is 13.4. The van der Waals surface area contributed by atoms with Gasteiger partial charge in [-0.05, 0) is 57.6 Å². The van der Waals surface area contributed by atoms with Gasteiger partial charge in [0.25, 0.3) is 0 Å². The van der Waals surface area contributed by atoms with Crippen molar-refractivity contribution in [1.29, 1.82) is 0 Å². The lowest BCUT2D eigenvalue weighted by molar-refractivity contribution is -0.0464. The molecule has 1 atom stereocenters. The highest BCUT2D eigenvalue weighted by atomic mass is 35.5. The smallest absolute Gasteiger partial charge is 0.248 e. The highest BCUT2D eigenvalue weighted by molar-refractivity contribution is 6.37. The summed E-state index contributed by atoms with van der Waals surface area (Å²) in [5, 5.41) is 1.43. The highest BCUT2D eigenvalue weighted by Crippen LogP contribution is 2.38. The van der Waals surface area contributed by atoms with E-state index in [0.717, 1.165) is 30.4 Å². The van der Waals surface area contributed by atoms with Crippen LogP contribution in [0.4, 0.5) is 8.78 Å². The molecular formula is C24H31ClF2N2O. The fourth-order valence-electron chi connectivity index (χ4n) is 5.09. The van der Waals surface area contributed by atoms with Gasteiger partial charge >= 0.3 is 0 Å². The number of hydrogen-bond donors (Lipinski definition) is 0. The van der Waals surface area contributed by atoms with E-state index < -0.39 is 5.92 Å². The van der Waals surface area contributed by atoms with Crippen molar-refractivity contribution in [1.82, 2.24) is 9.47 Å². The summed E-state index contributed by atoms with van der Waals surface area (Å²) in [7, 11) is 0. The third kappa shape index (κ3) is 4.43. The molecule has 0 spiro atoms. The Morgan fingerprint density at radius 1 is 1.23 bits per heavy atom. The van der Waals surface area contributed by atoms with Crippen molar-refractivity contribution in [2.75, 3.05) is 6.54 Å². The van der Waals surface area contributed by atoms with Crippen molar-refractivity contribution in [2.24, 2.45) is 5.92 Å². The molecule has 1 saturated heterocycles. The summed E-state index contributed by atoms with van der Waals surface area (Å²) in [5.41, 5.74) is 1.67. The van der Waals surface area contributed by atoms with Gasteiger partial charge in [0.1, 0.15) is 0 Å². The Hall–Kier alpha value is -1.46. The number of Topliss-reactive ketones (excluding diaryl/α,β-unsaturated/α-hetero) is 1. The molecule has 1 aromatic carbocycles. The van der Waals surface area contributed by atoms with E-state index in [2.05, 4.69) is 23.3 Å². The van der Waals surface area contributed by atoms with E-state index in [1.54, 1.807) is 0 Å². The second-order valence-corrected chi connectivity index (χ2v) is 9.77. The van der Waals surface area contributed by atoms with Crippen molar-refractivity contribution in [3.8, 4) is 0 Å². The number of hydrogen-bond acceptors (Lipinski definition) is 2. The average Bonchev–Trinajstić information content (AvgIpc) is 3.04. The number of benzene rings is 1. The van der Waals surface area contributed by atoms with Crippen LogP contribution in [0, 0.1) is 5.92 Å². The molecule has 1 saturated carbocycles. The topological polar surface area (TPSA) is 25.2 Å². The van der Waals surface area contributed by atoms with E-state index in [9.17, 15) is 13.6 Å². The first kappa shape index (κ1) is 21.8. The normalized spacial score (nSPS) is 22.5. The third-order valence-electron chi connectivity index (χ3n) is 7.03. The molecule has 0 amide bonds. The molecule has 2 fully saturated rings. The lowest BCUT2D eigenvalue weighted by atomic mass is 9.83. The average molecular weight is 437 g/mol. The van der Waals surface area contributed by atoms with Crippen molar-refractivity contribution in [3.63, 3.8) is 0 Å². The van der Waals surface area contributed by atoms with Crippen LogP contribution in [0.5, 0.6) is 0 Å². The largest absolute Gasteiger partial charge is 0.345 e. The van der Waals surface area contributed by atoms with Gasteiger partial charge in [0.05, 0.1) is 10.5 Å². The Morgan fingerprint density at radius 2 is 1.97 bits per heavy atom. The van der Waals surface area contributed by atoms with Gasteiger partial charge in [0.15, 0.2) is 5.78 Å². The van der Waals surface area contributed by atoms with Crippen LogP contribution in [0.25, 0.3) is 10.9 Å². The van der Waals surface area contributed by atoms with Crippen molar-refractivity contribution >= 4 is 28.3 Å². The van der Waals surface area contributed by atoms with E-state index in [0.29, 0.717) is 48.4 Å². The molecule has 6 heteroatoms. The minimum atomic E-state index is -2.52. The molecule has 0 bridgehead atoms. The number of rotatable bonds is 7. The van der Waals surface area contributed by atoms with Gasteiger partial charge in [-0.1, -0.05) is 17.7 Å². The number of fused-ring (bicyclic) bond motifs is 1. The van der Waals surface area contributed by atoms with Crippen LogP contribution in [0.3, 0.4) is 0 Å². The standard InChI is InChI=1S/C24H31ClF2N2O/c1-16(2)29-13-10-18(29)14-28-15-19(23-20(25)4-3-5-21(23)28)22(30)7-6-17-8-11-24(26,27)12-9-17/h3-5,15-18H,6-14H2,1-2H3/t18-/m0/s1. The van der Waals surface area contributed by atoms with Crippen molar-refractivity contribution in [2.45, 2.75) is 83.3 Å². The minimum absolute atomic E-state index is 0.0509. The quantitative estimate of drug-likeness (QED) is 0.459. The molecule has 2 heterocycles. The molecule has 2 aromatic rings. The van der Waals surface area contributed by atoms with Crippen molar-refractivity contribution in [3.05, 3.63) is 35.0 Å². The van der Waals surface area contributed by atoms with Crippen LogP contribution in [0.2, 0.25) is 5.02 Å². The number of carbonyl (C=O) groups is 1. The summed E-state index contributed by atoms with van der Waals surface area (Å²) in [5.74, 6) is -2.24. The lowest BCUT2D eigenvalue weighted by Crippen LogP contribution is -2.53. The SMILES string of the molecule is CC(C)N1CC[C@H]1Cn1cc(C(=O)CCC2CCC(F)(F)CC2)c2c(Cl)cccc21. The van der Waals surface area contributed by atoms with Crippen LogP contribution in [-0.4, -0.2) is 39.8 Å². The van der Waals surface area contributed by atoms with Gasteiger partial charge in [-0.15, -0.1) is 0 Å². The number of carbonyl (C=O) groups excluding carboxylic acids is 1. The lowest BCUT2D eigenvalue weighted by Gasteiger charge is -2.44. The highest BCUT2D eigenvalue weighted by Gasteiger charge is 2.35. The number of halogens is 3. The Morgan fingerprint density at radius 3 is 2.60 bits per heavy atom. The first-order valence-electron chi connectivity index (χ1n) is 11.2. The van der Waals surface area contributed by atoms with Gasteiger partial charge in [0.2, 0.25) is 5.92 Å². The summed E-state index contributed by atoms with van der Waals surface area (Å²) in [6, 6.07) is 6.78. The molecule has 30 heavy (non-hydrogen) atoms. The monoisotopic (exact) mass is 436 g/mol. The maximum absolute atomic E-state index is 13.4. The molecular weight excluding hydrogens is 406 g/mol. The van der Waals surface area contributed by atoms with E-state index in [1.165, 1.54) is 0 Å². The van der Waals surface area contributed by atoms with Gasteiger partial charge in [-0.25, -0.2) is 8.78 Å².